The predicted octanol–water partition coefficient (Wildman–Crippen LogP) is 0.741. The lowest BCUT2D eigenvalue weighted by Gasteiger charge is -2.05. The molecule has 2 N–H and O–H groups in total. The summed E-state index contributed by atoms with van der Waals surface area (Å²) in [5, 5.41) is 0. The molecule has 1 heterocycles. The fraction of sp³-hybridized carbons (Fsp3) is 0.143. The zero-order valence-corrected chi connectivity index (χ0v) is 10.1. The van der Waals surface area contributed by atoms with Gasteiger partial charge in [-0.25, -0.2) is 14.2 Å². The summed E-state index contributed by atoms with van der Waals surface area (Å²) in [5.41, 5.74) is 6.09. The van der Waals surface area contributed by atoms with Crippen molar-refractivity contribution in [2.45, 2.75) is 6.54 Å². The topological polar surface area (TPSA) is 60.9 Å². The molecular formula is C14H12FN3O. The van der Waals surface area contributed by atoms with E-state index in [9.17, 15) is 9.18 Å². The van der Waals surface area contributed by atoms with Gasteiger partial charge in [0, 0.05) is 18.0 Å². The Hall–Kier alpha value is -2.45. The second kappa shape index (κ2) is 5.94. The predicted molar refractivity (Wildman–Crippen MR) is 69.9 cm³/mol. The summed E-state index contributed by atoms with van der Waals surface area (Å²) >= 11 is 0. The standard InChI is InChI=1S/C14H12FN3O/c15-13-8-11(3-1-4-16)7-12(9-13)10-18-6-2-5-17-14(18)19/h2,5-9H,4,10,16H2. The van der Waals surface area contributed by atoms with Crippen molar-refractivity contribution >= 4 is 0 Å². The summed E-state index contributed by atoms with van der Waals surface area (Å²) in [6.45, 7) is 0.468. The van der Waals surface area contributed by atoms with Crippen molar-refractivity contribution in [3.63, 3.8) is 0 Å². The molecule has 0 fully saturated rings. The first-order valence-corrected chi connectivity index (χ1v) is 5.69. The molecule has 4 nitrogen and oxygen atoms in total. The van der Waals surface area contributed by atoms with Crippen molar-refractivity contribution < 1.29 is 4.39 Å². The molecule has 1 aromatic heterocycles. The smallest absolute Gasteiger partial charge is 0.320 e. The Morgan fingerprint density at radius 2 is 2.21 bits per heavy atom. The minimum atomic E-state index is -0.393. The summed E-state index contributed by atoms with van der Waals surface area (Å²) in [5.74, 6) is 5.04. The minimum Gasteiger partial charge on any atom is -0.320 e. The zero-order chi connectivity index (χ0) is 13.7. The van der Waals surface area contributed by atoms with E-state index in [4.69, 9.17) is 5.73 Å². The van der Waals surface area contributed by atoms with Crippen molar-refractivity contribution in [2.75, 3.05) is 6.54 Å². The fourth-order valence-electron chi connectivity index (χ4n) is 1.67. The number of halogens is 1. The maximum atomic E-state index is 13.5. The number of nitrogens with two attached hydrogens (primary N) is 1. The van der Waals surface area contributed by atoms with Gasteiger partial charge >= 0.3 is 5.69 Å². The number of hydrogen-bond acceptors (Lipinski definition) is 3. The Bertz CT molecular complexity index is 698. The molecule has 2 rings (SSSR count). The van der Waals surface area contributed by atoms with E-state index in [1.54, 1.807) is 18.3 Å². The summed E-state index contributed by atoms with van der Waals surface area (Å²) in [4.78, 5) is 15.1. The Kier molecular flexibility index (Phi) is 4.06. The molecule has 0 aliphatic carbocycles. The number of benzene rings is 1. The van der Waals surface area contributed by atoms with Gasteiger partial charge in [-0.15, -0.1) is 0 Å². The van der Waals surface area contributed by atoms with E-state index in [2.05, 4.69) is 16.8 Å². The van der Waals surface area contributed by atoms with Crippen LogP contribution in [0.3, 0.4) is 0 Å². The lowest BCUT2D eigenvalue weighted by molar-refractivity contribution is 0.621. The van der Waals surface area contributed by atoms with Crippen LogP contribution in [0.15, 0.2) is 41.5 Å². The summed E-state index contributed by atoms with van der Waals surface area (Å²) in [6, 6.07) is 6.08. The van der Waals surface area contributed by atoms with Crippen LogP contribution in [0.1, 0.15) is 11.1 Å². The quantitative estimate of drug-likeness (QED) is 0.807. The van der Waals surface area contributed by atoms with E-state index in [-0.39, 0.29) is 18.8 Å². The highest BCUT2D eigenvalue weighted by Crippen LogP contribution is 2.09. The molecule has 0 aliphatic rings. The molecule has 1 aromatic carbocycles. The third-order valence-corrected chi connectivity index (χ3v) is 2.43. The van der Waals surface area contributed by atoms with Gasteiger partial charge < -0.3 is 5.73 Å². The Morgan fingerprint density at radius 1 is 1.37 bits per heavy atom. The van der Waals surface area contributed by atoms with Crippen LogP contribution in [-0.2, 0) is 6.54 Å². The number of aromatic nitrogens is 2. The minimum absolute atomic E-state index is 0.216. The van der Waals surface area contributed by atoms with Crippen LogP contribution < -0.4 is 11.4 Å². The number of rotatable bonds is 2. The lowest BCUT2D eigenvalue weighted by Crippen LogP contribution is -2.21. The second-order valence-electron chi connectivity index (χ2n) is 3.88. The highest BCUT2D eigenvalue weighted by molar-refractivity contribution is 5.38. The number of hydrogen-bond donors (Lipinski definition) is 1. The Balaban J connectivity index is 2.33. The van der Waals surface area contributed by atoms with Crippen molar-refractivity contribution in [3.05, 3.63) is 64.1 Å². The van der Waals surface area contributed by atoms with Gasteiger partial charge in [0.1, 0.15) is 5.82 Å². The van der Waals surface area contributed by atoms with Crippen LogP contribution in [0.2, 0.25) is 0 Å². The molecule has 0 bridgehead atoms. The fourth-order valence-corrected chi connectivity index (χ4v) is 1.67. The van der Waals surface area contributed by atoms with E-state index in [1.807, 2.05) is 0 Å². The average molecular weight is 257 g/mol. The van der Waals surface area contributed by atoms with Crippen molar-refractivity contribution in [1.29, 1.82) is 0 Å². The van der Waals surface area contributed by atoms with E-state index in [0.717, 1.165) is 0 Å². The zero-order valence-electron chi connectivity index (χ0n) is 10.1. The van der Waals surface area contributed by atoms with Crippen molar-refractivity contribution in [3.8, 4) is 11.8 Å². The molecule has 2 aromatic rings. The number of nitrogens with zero attached hydrogens (tertiary/aromatic N) is 2. The molecule has 96 valence electrons. The van der Waals surface area contributed by atoms with E-state index >= 15 is 0 Å². The maximum absolute atomic E-state index is 13.5. The van der Waals surface area contributed by atoms with Gasteiger partial charge in [-0.3, -0.25) is 4.57 Å². The normalized spacial score (nSPS) is 9.79. The molecule has 0 unspecified atom stereocenters. The highest BCUT2D eigenvalue weighted by atomic mass is 19.1. The maximum Gasteiger partial charge on any atom is 0.347 e. The Morgan fingerprint density at radius 3 is 2.95 bits per heavy atom. The molecule has 0 amide bonds. The third-order valence-electron chi connectivity index (χ3n) is 2.43. The molecule has 0 atom stereocenters. The summed E-state index contributed by atoms with van der Waals surface area (Å²) < 4.78 is 14.9. The third kappa shape index (κ3) is 3.50. The highest BCUT2D eigenvalue weighted by Gasteiger charge is 2.02. The largest absolute Gasteiger partial charge is 0.347 e. The van der Waals surface area contributed by atoms with Gasteiger partial charge in [-0.1, -0.05) is 11.8 Å². The molecule has 5 heteroatoms. The first-order valence-electron chi connectivity index (χ1n) is 5.69. The molecule has 0 saturated carbocycles. The molecule has 0 saturated heterocycles. The SMILES string of the molecule is NCC#Cc1cc(F)cc(Cn2cccnc2=O)c1. The van der Waals surface area contributed by atoms with Gasteiger partial charge in [0.25, 0.3) is 0 Å². The van der Waals surface area contributed by atoms with Crippen LogP contribution in [0.5, 0.6) is 0 Å². The van der Waals surface area contributed by atoms with Gasteiger partial charge in [0.2, 0.25) is 0 Å². The lowest BCUT2D eigenvalue weighted by atomic mass is 10.1. The van der Waals surface area contributed by atoms with Gasteiger partial charge in [0.05, 0.1) is 13.1 Å². The molecule has 0 radical (unpaired) electrons. The summed E-state index contributed by atoms with van der Waals surface area (Å²) in [7, 11) is 0. The molecule has 0 spiro atoms. The van der Waals surface area contributed by atoms with Crippen LogP contribution in [0, 0.1) is 17.7 Å². The first-order chi connectivity index (χ1) is 9.19. The van der Waals surface area contributed by atoms with Crippen molar-refractivity contribution in [1.82, 2.24) is 9.55 Å². The monoisotopic (exact) mass is 257 g/mol. The molecule has 0 aliphatic heterocycles. The van der Waals surface area contributed by atoms with E-state index in [0.29, 0.717) is 11.1 Å². The van der Waals surface area contributed by atoms with Gasteiger partial charge in [-0.05, 0) is 29.8 Å². The van der Waals surface area contributed by atoms with E-state index in [1.165, 1.54) is 22.9 Å². The van der Waals surface area contributed by atoms with E-state index < -0.39 is 5.82 Å². The van der Waals surface area contributed by atoms with Crippen LogP contribution in [0.25, 0.3) is 0 Å². The van der Waals surface area contributed by atoms with Crippen LogP contribution in [-0.4, -0.2) is 16.1 Å². The van der Waals surface area contributed by atoms with Crippen molar-refractivity contribution in [2.24, 2.45) is 5.73 Å². The van der Waals surface area contributed by atoms with Gasteiger partial charge in [-0.2, -0.15) is 0 Å². The Labute approximate surface area is 109 Å². The first kappa shape index (κ1) is 13.0. The van der Waals surface area contributed by atoms with Crippen LogP contribution in [0.4, 0.5) is 4.39 Å². The van der Waals surface area contributed by atoms with Crippen LogP contribution >= 0.6 is 0 Å². The molecular weight excluding hydrogens is 245 g/mol. The second-order valence-corrected chi connectivity index (χ2v) is 3.88. The molecule has 19 heavy (non-hydrogen) atoms. The summed E-state index contributed by atoms with van der Waals surface area (Å²) in [6.07, 6.45) is 3.02. The average Bonchev–Trinajstić information content (AvgIpc) is 2.38. The van der Waals surface area contributed by atoms with Gasteiger partial charge in [0.15, 0.2) is 0 Å².